The van der Waals surface area contributed by atoms with E-state index in [4.69, 9.17) is 11.6 Å². The third kappa shape index (κ3) is 3.85. The number of benzene rings is 1. The van der Waals surface area contributed by atoms with Gasteiger partial charge in [-0.3, -0.25) is 0 Å². The highest BCUT2D eigenvalue weighted by Gasteiger charge is 2.17. The van der Waals surface area contributed by atoms with Crippen LogP contribution in [0.3, 0.4) is 0 Å². The molecule has 2 rings (SSSR count). The maximum Gasteiger partial charge on any atom is 0.0561 e. The van der Waals surface area contributed by atoms with Crippen molar-refractivity contribution < 1.29 is 0 Å². The van der Waals surface area contributed by atoms with Crippen LogP contribution in [0.25, 0.3) is 0 Å². The summed E-state index contributed by atoms with van der Waals surface area (Å²) in [5.74, 6) is 0. The largest absolute Gasteiger partial charge is 0.309 e. The van der Waals surface area contributed by atoms with Gasteiger partial charge in [-0.25, -0.2) is 0 Å². The number of thiophene rings is 1. The average Bonchev–Trinajstić information content (AvgIpc) is 2.84. The van der Waals surface area contributed by atoms with Crippen LogP contribution in [0.4, 0.5) is 0 Å². The molecule has 2 aromatic rings. The molecular formula is C17H22ClNS. The Hall–Kier alpha value is -0.830. The van der Waals surface area contributed by atoms with E-state index in [1.807, 2.05) is 6.07 Å². The fraction of sp³-hybridized carbons (Fsp3) is 0.412. The smallest absolute Gasteiger partial charge is 0.0561 e. The molecule has 1 aromatic heterocycles. The van der Waals surface area contributed by atoms with Crippen LogP contribution in [0.5, 0.6) is 0 Å². The van der Waals surface area contributed by atoms with Gasteiger partial charge in [-0.2, -0.15) is 0 Å². The van der Waals surface area contributed by atoms with Gasteiger partial charge >= 0.3 is 0 Å². The highest BCUT2D eigenvalue weighted by molar-refractivity contribution is 7.10. The summed E-state index contributed by atoms with van der Waals surface area (Å²) in [6.07, 6.45) is 2.13. The molecule has 0 radical (unpaired) electrons. The van der Waals surface area contributed by atoms with Gasteiger partial charge in [0.25, 0.3) is 0 Å². The van der Waals surface area contributed by atoms with Crippen molar-refractivity contribution in [2.24, 2.45) is 0 Å². The number of nitrogens with one attached hydrogen (secondary N) is 1. The minimum absolute atomic E-state index is 0.308. The normalized spacial score (nSPS) is 12.6. The van der Waals surface area contributed by atoms with E-state index in [-0.39, 0.29) is 0 Å². The zero-order valence-electron chi connectivity index (χ0n) is 12.4. The van der Waals surface area contributed by atoms with E-state index in [0.717, 1.165) is 24.4 Å². The van der Waals surface area contributed by atoms with Crippen LogP contribution in [0.1, 0.15) is 41.0 Å². The molecule has 0 fully saturated rings. The Morgan fingerprint density at radius 3 is 2.70 bits per heavy atom. The molecule has 0 aliphatic heterocycles. The van der Waals surface area contributed by atoms with Gasteiger partial charge in [-0.1, -0.05) is 42.3 Å². The number of hydrogen-bond acceptors (Lipinski definition) is 2. The molecule has 0 aliphatic rings. The topological polar surface area (TPSA) is 12.0 Å². The Morgan fingerprint density at radius 1 is 1.25 bits per heavy atom. The van der Waals surface area contributed by atoms with Crippen molar-refractivity contribution in [2.45, 2.75) is 39.7 Å². The van der Waals surface area contributed by atoms with Crippen LogP contribution in [-0.4, -0.2) is 6.54 Å². The standard InChI is InChI=1S/C17H22ClNS/c1-4-8-19-16(17-15(18)7-9-20-17)11-14-10-12(2)5-6-13(14)3/h5-7,9-10,16,19H,4,8,11H2,1-3H3. The molecule has 1 N–H and O–H groups in total. The Morgan fingerprint density at radius 2 is 2.05 bits per heavy atom. The van der Waals surface area contributed by atoms with E-state index in [9.17, 15) is 0 Å². The summed E-state index contributed by atoms with van der Waals surface area (Å²) in [6.45, 7) is 7.54. The summed E-state index contributed by atoms with van der Waals surface area (Å²) in [7, 11) is 0. The van der Waals surface area contributed by atoms with E-state index in [1.165, 1.54) is 21.6 Å². The Kier molecular flexibility index (Phi) is 5.64. The number of rotatable bonds is 6. The molecule has 1 heterocycles. The molecule has 0 saturated heterocycles. The third-order valence-corrected chi connectivity index (χ3v) is 5.00. The number of hydrogen-bond donors (Lipinski definition) is 1. The van der Waals surface area contributed by atoms with Crippen LogP contribution >= 0.6 is 22.9 Å². The van der Waals surface area contributed by atoms with E-state index in [1.54, 1.807) is 11.3 Å². The molecule has 1 unspecified atom stereocenters. The van der Waals surface area contributed by atoms with Gasteiger partial charge in [0.1, 0.15) is 0 Å². The SMILES string of the molecule is CCCNC(Cc1cc(C)ccc1C)c1sccc1Cl. The Balaban J connectivity index is 2.23. The van der Waals surface area contributed by atoms with Gasteiger partial charge in [0.2, 0.25) is 0 Å². The lowest BCUT2D eigenvalue weighted by atomic mass is 9.98. The van der Waals surface area contributed by atoms with E-state index in [2.05, 4.69) is 49.7 Å². The maximum atomic E-state index is 6.32. The minimum atomic E-state index is 0.308. The monoisotopic (exact) mass is 307 g/mol. The Bertz CT molecular complexity index is 562. The zero-order chi connectivity index (χ0) is 14.5. The highest BCUT2D eigenvalue weighted by atomic mass is 35.5. The molecule has 108 valence electrons. The summed E-state index contributed by atoms with van der Waals surface area (Å²) in [5.41, 5.74) is 4.08. The highest BCUT2D eigenvalue weighted by Crippen LogP contribution is 2.31. The second kappa shape index (κ2) is 7.26. The molecule has 0 aliphatic carbocycles. The first-order valence-corrected chi connectivity index (χ1v) is 8.40. The lowest BCUT2D eigenvalue weighted by Crippen LogP contribution is -2.23. The summed E-state index contributed by atoms with van der Waals surface area (Å²) in [4.78, 5) is 1.25. The van der Waals surface area contributed by atoms with Crippen molar-refractivity contribution >= 4 is 22.9 Å². The van der Waals surface area contributed by atoms with Crippen molar-refractivity contribution in [3.63, 3.8) is 0 Å². The van der Waals surface area contributed by atoms with Crippen LogP contribution in [0.2, 0.25) is 5.02 Å². The zero-order valence-corrected chi connectivity index (χ0v) is 13.9. The average molecular weight is 308 g/mol. The summed E-state index contributed by atoms with van der Waals surface area (Å²) >= 11 is 8.06. The van der Waals surface area contributed by atoms with Crippen molar-refractivity contribution in [1.29, 1.82) is 0 Å². The molecule has 3 heteroatoms. The van der Waals surface area contributed by atoms with E-state index in [0.29, 0.717) is 6.04 Å². The molecule has 1 nitrogen and oxygen atoms in total. The second-order valence-corrected chi connectivity index (χ2v) is 6.63. The summed E-state index contributed by atoms with van der Waals surface area (Å²) < 4.78 is 0. The fourth-order valence-electron chi connectivity index (χ4n) is 2.37. The number of aryl methyl sites for hydroxylation is 2. The quantitative estimate of drug-likeness (QED) is 0.763. The van der Waals surface area contributed by atoms with Crippen molar-refractivity contribution in [2.75, 3.05) is 6.54 Å². The van der Waals surface area contributed by atoms with Gasteiger partial charge < -0.3 is 5.32 Å². The van der Waals surface area contributed by atoms with Crippen LogP contribution in [-0.2, 0) is 6.42 Å². The lowest BCUT2D eigenvalue weighted by Gasteiger charge is -2.19. The molecule has 1 atom stereocenters. The molecule has 0 amide bonds. The van der Waals surface area contributed by atoms with Crippen molar-refractivity contribution in [3.05, 3.63) is 56.2 Å². The maximum absolute atomic E-state index is 6.32. The lowest BCUT2D eigenvalue weighted by molar-refractivity contribution is 0.536. The van der Waals surface area contributed by atoms with E-state index >= 15 is 0 Å². The molecule has 0 spiro atoms. The van der Waals surface area contributed by atoms with Gasteiger partial charge in [0, 0.05) is 10.9 Å². The first-order chi connectivity index (χ1) is 9.61. The first kappa shape index (κ1) is 15.6. The van der Waals surface area contributed by atoms with Crippen LogP contribution < -0.4 is 5.32 Å². The minimum Gasteiger partial charge on any atom is -0.309 e. The molecule has 0 bridgehead atoms. The fourth-order valence-corrected chi connectivity index (χ4v) is 3.64. The van der Waals surface area contributed by atoms with Crippen LogP contribution in [0, 0.1) is 13.8 Å². The van der Waals surface area contributed by atoms with Gasteiger partial charge in [-0.15, -0.1) is 11.3 Å². The number of halogens is 1. The summed E-state index contributed by atoms with van der Waals surface area (Å²) in [6, 6.07) is 8.97. The molecule has 20 heavy (non-hydrogen) atoms. The van der Waals surface area contributed by atoms with Crippen LogP contribution in [0.15, 0.2) is 29.6 Å². The Labute approximate surface area is 131 Å². The van der Waals surface area contributed by atoms with E-state index < -0.39 is 0 Å². The first-order valence-electron chi connectivity index (χ1n) is 7.14. The van der Waals surface area contributed by atoms with Gasteiger partial charge in [0.15, 0.2) is 0 Å². The third-order valence-electron chi connectivity index (χ3n) is 3.53. The second-order valence-electron chi connectivity index (χ2n) is 5.27. The van der Waals surface area contributed by atoms with Gasteiger partial charge in [-0.05, 0) is 55.8 Å². The molecular weight excluding hydrogens is 286 g/mol. The molecule has 0 saturated carbocycles. The summed E-state index contributed by atoms with van der Waals surface area (Å²) in [5, 5.41) is 6.59. The predicted octanol–water partition coefficient (Wildman–Crippen LogP) is 5.30. The molecule has 1 aromatic carbocycles. The van der Waals surface area contributed by atoms with Crippen molar-refractivity contribution in [1.82, 2.24) is 5.32 Å². The van der Waals surface area contributed by atoms with Crippen molar-refractivity contribution in [3.8, 4) is 0 Å². The van der Waals surface area contributed by atoms with Gasteiger partial charge in [0.05, 0.1) is 5.02 Å². The predicted molar refractivity (Wildman–Crippen MR) is 90.0 cm³/mol.